The Bertz CT molecular complexity index is 3830. The molecular formula is C67H44N4. The molecule has 12 aromatic rings. The maximum absolute atomic E-state index is 5.29. The minimum Gasteiger partial charge on any atom is -0.310 e. The van der Waals surface area contributed by atoms with E-state index in [1.807, 2.05) is 36.4 Å². The van der Waals surface area contributed by atoms with Crippen molar-refractivity contribution in [3.8, 4) is 101 Å². The van der Waals surface area contributed by atoms with Crippen molar-refractivity contribution in [2.45, 2.75) is 0 Å². The average Bonchev–Trinajstić information content (AvgIpc) is 3.78. The minimum atomic E-state index is 0.635. The van der Waals surface area contributed by atoms with Crippen LogP contribution in [-0.4, -0.2) is 15.0 Å². The molecule has 4 nitrogen and oxygen atoms in total. The lowest BCUT2D eigenvalue weighted by Crippen LogP contribution is -2.11. The van der Waals surface area contributed by atoms with Crippen molar-refractivity contribution in [2.24, 2.45) is 0 Å². The van der Waals surface area contributed by atoms with E-state index >= 15 is 0 Å². The van der Waals surface area contributed by atoms with Crippen LogP contribution in [0.1, 0.15) is 0 Å². The van der Waals surface area contributed by atoms with Crippen LogP contribution in [0.4, 0.5) is 17.1 Å². The van der Waals surface area contributed by atoms with Gasteiger partial charge >= 0.3 is 0 Å². The average molecular weight is 905 g/mol. The Morgan fingerprint density at radius 3 is 1.25 bits per heavy atom. The van der Waals surface area contributed by atoms with Crippen molar-refractivity contribution in [2.75, 3.05) is 4.90 Å². The van der Waals surface area contributed by atoms with Gasteiger partial charge in [0.2, 0.25) is 0 Å². The fourth-order valence-electron chi connectivity index (χ4n) is 10.3. The first-order valence-electron chi connectivity index (χ1n) is 24.1. The van der Waals surface area contributed by atoms with Gasteiger partial charge in [0.25, 0.3) is 0 Å². The quantitative estimate of drug-likeness (QED) is 0.137. The van der Waals surface area contributed by atoms with Gasteiger partial charge in [0.15, 0.2) is 17.5 Å². The van der Waals surface area contributed by atoms with E-state index in [-0.39, 0.29) is 0 Å². The minimum absolute atomic E-state index is 0.635. The molecule has 0 amide bonds. The van der Waals surface area contributed by atoms with Gasteiger partial charge in [-0.3, -0.25) is 0 Å². The van der Waals surface area contributed by atoms with Gasteiger partial charge in [-0.2, -0.15) is 0 Å². The lowest BCUT2D eigenvalue weighted by Gasteiger charge is -2.28. The van der Waals surface area contributed by atoms with E-state index in [1.54, 1.807) is 0 Å². The maximum Gasteiger partial charge on any atom is 0.164 e. The number of hydrogen-bond acceptors (Lipinski definition) is 4. The Hall–Kier alpha value is -9.51. The summed E-state index contributed by atoms with van der Waals surface area (Å²) < 4.78 is 0. The predicted molar refractivity (Wildman–Crippen MR) is 294 cm³/mol. The van der Waals surface area contributed by atoms with Crippen LogP contribution < -0.4 is 4.90 Å². The van der Waals surface area contributed by atoms with E-state index in [0.29, 0.717) is 17.5 Å². The van der Waals surface area contributed by atoms with Gasteiger partial charge in [0, 0.05) is 39.2 Å². The molecule has 0 N–H and O–H groups in total. The number of hydrogen-bond donors (Lipinski definition) is 0. The third-order valence-electron chi connectivity index (χ3n) is 13.7. The standard InChI is InChI=1S/C67H44N4/c1-5-18-45(19-6-1)52-28-15-29-53(42-52)46-34-38-55(39-35-46)71(62-33-14-13-30-57(62)48-20-7-2-8-21-48)56-40-36-47(37-41-56)54-43-60-58-31-16-26-49-27-17-32-59(63(49)58)64(60)61(44-54)67-69-65(50-22-9-3-10-23-50)68-66(70-67)51-24-11-4-12-25-51/h1-44H. The first kappa shape index (κ1) is 41.7. The van der Waals surface area contributed by atoms with E-state index in [1.165, 1.54) is 44.2 Å². The zero-order chi connectivity index (χ0) is 47.1. The summed E-state index contributed by atoms with van der Waals surface area (Å²) in [5, 5.41) is 2.46. The number of rotatable bonds is 10. The molecule has 1 aliphatic rings. The fourth-order valence-corrected chi connectivity index (χ4v) is 10.3. The van der Waals surface area contributed by atoms with E-state index < -0.39 is 0 Å². The number of benzene rings is 11. The SMILES string of the molecule is c1ccc(-c2cccc(-c3ccc(N(c4ccc(-c5cc(-c6nc(-c7ccccc7)nc(-c7ccccc7)n6)c6c(c5)-c5cccc7cccc-6c57)cc4)c4ccccc4-c4ccccc4)cc3)c2)cc1. The Balaban J connectivity index is 0.953. The van der Waals surface area contributed by atoms with Gasteiger partial charge in [-0.25, -0.2) is 15.0 Å². The fraction of sp³-hybridized carbons (Fsp3) is 0. The van der Waals surface area contributed by atoms with Crippen molar-refractivity contribution in [3.05, 3.63) is 267 Å². The van der Waals surface area contributed by atoms with Gasteiger partial charge in [-0.15, -0.1) is 0 Å². The Kier molecular flexibility index (Phi) is 10.5. The van der Waals surface area contributed by atoms with Crippen LogP contribution in [0.2, 0.25) is 0 Å². The molecule has 0 fully saturated rings. The molecule has 0 unspecified atom stereocenters. The summed E-state index contributed by atoms with van der Waals surface area (Å²) in [6, 6.07) is 95.0. The normalized spacial score (nSPS) is 11.4. The van der Waals surface area contributed by atoms with E-state index in [0.717, 1.165) is 67.1 Å². The first-order chi connectivity index (χ1) is 35.2. The summed E-state index contributed by atoms with van der Waals surface area (Å²) in [7, 11) is 0. The van der Waals surface area contributed by atoms with E-state index in [2.05, 4.69) is 235 Å². The largest absolute Gasteiger partial charge is 0.310 e. The number of nitrogens with zero attached hydrogens (tertiary/aromatic N) is 4. The van der Waals surface area contributed by atoms with Crippen molar-refractivity contribution in [1.82, 2.24) is 15.0 Å². The lowest BCUT2D eigenvalue weighted by molar-refractivity contribution is 1.07. The van der Waals surface area contributed by atoms with Gasteiger partial charge in [-0.1, -0.05) is 218 Å². The number of para-hydroxylation sites is 1. The molecule has 0 saturated heterocycles. The second-order valence-corrected chi connectivity index (χ2v) is 18.0. The smallest absolute Gasteiger partial charge is 0.164 e. The third kappa shape index (κ3) is 7.74. The van der Waals surface area contributed by atoms with E-state index in [9.17, 15) is 0 Å². The molecule has 71 heavy (non-hydrogen) atoms. The highest BCUT2D eigenvalue weighted by atomic mass is 15.1. The molecule has 1 aromatic heterocycles. The molecule has 0 spiro atoms. The summed E-state index contributed by atoms with van der Waals surface area (Å²) in [4.78, 5) is 18.0. The molecule has 1 aliphatic carbocycles. The Morgan fingerprint density at radius 1 is 0.239 bits per heavy atom. The Labute approximate surface area is 413 Å². The summed E-state index contributed by atoms with van der Waals surface area (Å²) in [5.41, 5.74) is 20.0. The highest BCUT2D eigenvalue weighted by Crippen LogP contribution is 2.52. The number of aromatic nitrogens is 3. The van der Waals surface area contributed by atoms with Crippen LogP contribution in [-0.2, 0) is 0 Å². The van der Waals surface area contributed by atoms with Crippen LogP contribution >= 0.6 is 0 Å². The summed E-state index contributed by atoms with van der Waals surface area (Å²) in [6.45, 7) is 0. The molecule has 4 heteroatoms. The molecule has 1 heterocycles. The summed E-state index contributed by atoms with van der Waals surface area (Å²) in [6.07, 6.45) is 0. The molecule has 332 valence electrons. The molecule has 13 rings (SSSR count). The molecule has 0 radical (unpaired) electrons. The Morgan fingerprint density at radius 2 is 0.662 bits per heavy atom. The third-order valence-corrected chi connectivity index (χ3v) is 13.7. The second kappa shape index (κ2) is 17.9. The van der Waals surface area contributed by atoms with Gasteiger partial charge in [0.05, 0.1) is 5.69 Å². The zero-order valence-electron chi connectivity index (χ0n) is 38.7. The zero-order valence-corrected chi connectivity index (χ0v) is 38.7. The predicted octanol–water partition coefficient (Wildman–Crippen LogP) is 17.8. The first-order valence-corrected chi connectivity index (χ1v) is 24.1. The molecule has 0 atom stereocenters. The van der Waals surface area contributed by atoms with Crippen LogP contribution in [0.5, 0.6) is 0 Å². The van der Waals surface area contributed by atoms with Crippen LogP contribution in [0.15, 0.2) is 267 Å². The van der Waals surface area contributed by atoms with Gasteiger partial charge in [0.1, 0.15) is 0 Å². The van der Waals surface area contributed by atoms with Crippen molar-refractivity contribution < 1.29 is 0 Å². The topological polar surface area (TPSA) is 41.9 Å². The highest BCUT2D eigenvalue weighted by molar-refractivity contribution is 6.18. The number of fused-ring (bicyclic) bond motifs is 3. The maximum atomic E-state index is 5.29. The molecule has 0 bridgehead atoms. The van der Waals surface area contributed by atoms with E-state index in [4.69, 9.17) is 15.0 Å². The molecule has 11 aromatic carbocycles. The number of anilines is 3. The summed E-state index contributed by atoms with van der Waals surface area (Å²) in [5.74, 6) is 1.91. The van der Waals surface area contributed by atoms with Crippen molar-refractivity contribution in [1.29, 1.82) is 0 Å². The lowest BCUT2D eigenvalue weighted by atomic mass is 9.92. The summed E-state index contributed by atoms with van der Waals surface area (Å²) >= 11 is 0. The molecular weight excluding hydrogens is 861 g/mol. The van der Waals surface area contributed by atoms with Crippen molar-refractivity contribution >= 4 is 27.8 Å². The van der Waals surface area contributed by atoms with Crippen LogP contribution in [0, 0.1) is 0 Å². The van der Waals surface area contributed by atoms with Gasteiger partial charge in [-0.05, 0) is 115 Å². The highest BCUT2D eigenvalue weighted by Gasteiger charge is 2.28. The molecule has 0 aliphatic heterocycles. The molecule has 0 saturated carbocycles. The van der Waals surface area contributed by atoms with Crippen molar-refractivity contribution in [3.63, 3.8) is 0 Å². The second-order valence-electron chi connectivity index (χ2n) is 18.0. The van der Waals surface area contributed by atoms with Crippen LogP contribution in [0.25, 0.3) is 112 Å². The van der Waals surface area contributed by atoms with Gasteiger partial charge < -0.3 is 4.90 Å². The van der Waals surface area contributed by atoms with Crippen LogP contribution in [0.3, 0.4) is 0 Å². The monoisotopic (exact) mass is 904 g/mol.